The molecule has 2 aromatic rings. The van der Waals surface area contributed by atoms with Crippen LogP contribution in [-0.2, 0) is 11.3 Å². The third-order valence-corrected chi connectivity index (χ3v) is 3.44. The van der Waals surface area contributed by atoms with E-state index in [-0.39, 0.29) is 5.91 Å². The molecular weight excluding hydrogens is 274 g/mol. The minimum absolute atomic E-state index is 0.0159. The van der Waals surface area contributed by atoms with Crippen molar-refractivity contribution in [2.24, 2.45) is 0 Å². The van der Waals surface area contributed by atoms with Crippen LogP contribution in [-0.4, -0.2) is 24.5 Å². The van der Waals surface area contributed by atoms with Gasteiger partial charge in [-0.3, -0.25) is 4.79 Å². The average Bonchev–Trinajstić information content (AvgIpc) is 2.59. The molecule has 0 saturated carbocycles. The molecule has 0 aliphatic rings. The van der Waals surface area contributed by atoms with Crippen LogP contribution in [0.3, 0.4) is 0 Å². The number of methoxy groups -OCH3 is 1. The van der Waals surface area contributed by atoms with E-state index >= 15 is 0 Å². The Morgan fingerprint density at radius 2 is 1.77 bits per heavy atom. The topological polar surface area (TPSA) is 29.5 Å². The standard InChI is InChI=1S/C19H21NO2/c1-3-20(15-17-7-5-4-6-8-17)19(21)14-11-16-9-12-18(22-2)13-10-16/h4-14H,3,15H2,1-2H3. The van der Waals surface area contributed by atoms with E-state index in [0.29, 0.717) is 13.1 Å². The fraction of sp³-hybridized carbons (Fsp3) is 0.211. The molecule has 0 saturated heterocycles. The second-order valence-electron chi connectivity index (χ2n) is 4.94. The van der Waals surface area contributed by atoms with Crippen molar-refractivity contribution in [2.75, 3.05) is 13.7 Å². The SMILES string of the molecule is CCN(Cc1ccccc1)C(=O)C=Cc1ccc(OC)cc1. The lowest BCUT2D eigenvalue weighted by Gasteiger charge is -2.19. The van der Waals surface area contributed by atoms with Crippen LogP contribution in [0.25, 0.3) is 6.08 Å². The molecule has 3 heteroatoms. The zero-order valence-corrected chi connectivity index (χ0v) is 13.0. The summed E-state index contributed by atoms with van der Waals surface area (Å²) < 4.78 is 5.12. The van der Waals surface area contributed by atoms with E-state index in [1.807, 2.05) is 72.5 Å². The van der Waals surface area contributed by atoms with Crippen molar-refractivity contribution >= 4 is 12.0 Å². The Bertz CT molecular complexity index is 618. The van der Waals surface area contributed by atoms with Crippen molar-refractivity contribution in [1.82, 2.24) is 4.90 Å². The molecule has 0 atom stereocenters. The van der Waals surface area contributed by atoms with E-state index in [1.165, 1.54) is 0 Å². The summed E-state index contributed by atoms with van der Waals surface area (Å²) in [5.41, 5.74) is 2.11. The number of hydrogen-bond donors (Lipinski definition) is 0. The molecule has 0 spiro atoms. The predicted octanol–water partition coefficient (Wildman–Crippen LogP) is 3.76. The summed E-state index contributed by atoms with van der Waals surface area (Å²) in [7, 11) is 1.64. The molecule has 3 nitrogen and oxygen atoms in total. The lowest BCUT2D eigenvalue weighted by atomic mass is 10.2. The highest BCUT2D eigenvalue weighted by molar-refractivity contribution is 5.91. The smallest absolute Gasteiger partial charge is 0.246 e. The normalized spacial score (nSPS) is 10.6. The lowest BCUT2D eigenvalue weighted by Crippen LogP contribution is -2.28. The average molecular weight is 295 g/mol. The Morgan fingerprint density at radius 3 is 2.36 bits per heavy atom. The van der Waals surface area contributed by atoms with E-state index in [0.717, 1.165) is 16.9 Å². The van der Waals surface area contributed by atoms with E-state index < -0.39 is 0 Å². The Balaban J connectivity index is 2.00. The fourth-order valence-electron chi connectivity index (χ4n) is 2.14. The van der Waals surface area contributed by atoms with Gasteiger partial charge in [-0.15, -0.1) is 0 Å². The first-order valence-electron chi connectivity index (χ1n) is 7.38. The van der Waals surface area contributed by atoms with Gasteiger partial charge in [-0.1, -0.05) is 42.5 Å². The maximum absolute atomic E-state index is 12.3. The number of carbonyl (C=O) groups excluding carboxylic acids is 1. The minimum Gasteiger partial charge on any atom is -0.497 e. The largest absolute Gasteiger partial charge is 0.497 e. The summed E-state index contributed by atoms with van der Waals surface area (Å²) in [5.74, 6) is 0.824. The summed E-state index contributed by atoms with van der Waals surface area (Å²) in [6.07, 6.45) is 3.45. The number of benzene rings is 2. The van der Waals surface area contributed by atoms with Gasteiger partial charge >= 0.3 is 0 Å². The van der Waals surface area contributed by atoms with E-state index in [9.17, 15) is 4.79 Å². The lowest BCUT2D eigenvalue weighted by molar-refractivity contribution is -0.126. The Kier molecular flexibility index (Phi) is 5.78. The number of nitrogens with zero attached hydrogens (tertiary/aromatic N) is 1. The molecule has 0 unspecified atom stereocenters. The molecule has 1 amide bonds. The second kappa shape index (κ2) is 8.03. The molecule has 0 aromatic heterocycles. The van der Waals surface area contributed by atoms with Crippen molar-refractivity contribution in [3.8, 4) is 5.75 Å². The summed E-state index contributed by atoms with van der Waals surface area (Å²) in [5, 5.41) is 0. The van der Waals surface area contributed by atoms with Crippen molar-refractivity contribution in [3.63, 3.8) is 0 Å². The van der Waals surface area contributed by atoms with Gasteiger partial charge in [0.15, 0.2) is 0 Å². The van der Waals surface area contributed by atoms with Crippen molar-refractivity contribution < 1.29 is 9.53 Å². The van der Waals surface area contributed by atoms with Crippen LogP contribution in [0.2, 0.25) is 0 Å². The molecular formula is C19H21NO2. The van der Waals surface area contributed by atoms with Crippen LogP contribution in [0.1, 0.15) is 18.1 Å². The molecule has 2 aromatic carbocycles. The zero-order chi connectivity index (χ0) is 15.8. The van der Waals surface area contributed by atoms with Crippen LogP contribution >= 0.6 is 0 Å². The first kappa shape index (κ1) is 15.8. The molecule has 0 heterocycles. The highest BCUT2D eigenvalue weighted by Gasteiger charge is 2.08. The number of amides is 1. The Morgan fingerprint density at radius 1 is 1.09 bits per heavy atom. The van der Waals surface area contributed by atoms with Crippen LogP contribution in [0.5, 0.6) is 5.75 Å². The molecule has 0 aliphatic heterocycles. The van der Waals surface area contributed by atoms with E-state index in [4.69, 9.17) is 4.74 Å². The molecule has 0 fully saturated rings. The van der Waals surface area contributed by atoms with Gasteiger partial charge in [0.2, 0.25) is 5.91 Å². The summed E-state index contributed by atoms with van der Waals surface area (Å²) in [4.78, 5) is 14.1. The minimum atomic E-state index is 0.0159. The maximum atomic E-state index is 12.3. The van der Waals surface area contributed by atoms with E-state index in [2.05, 4.69) is 0 Å². The van der Waals surface area contributed by atoms with Crippen LogP contribution in [0.15, 0.2) is 60.7 Å². The van der Waals surface area contributed by atoms with Gasteiger partial charge in [-0.05, 0) is 36.3 Å². The molecule has 0 aliphatic carbocycles. The van der Waals surface area contributed by atoms with Gasteiger partial charge in [0.1, 0.15) is 5.75 Å². The third kappa shape index (κ3) is 4.48. The summed E-state index contributed by atoms with van der Waals surface area (Å²) in [6, 6.07) is 17.6. The predicted molar refractivity (Wildman–Crippen MR) is 89.6 cm³/mol. The highest BCUT2D eigenvalue weighted by atomic mass is 16.5. The highest BCUT2D eigenvalue weighted by Crippen LogP contribution is 2.12. The van der Waals surface area contributed by atoms with Crippen LogP contribution < -0.4 is 4.74 Å². The van der Waals surface area contributed by atoms with Gasteiger partial charge in [0, 0.05) is 19.2 Å². The number of hydrogen-bond acceptors (Lipinski definition) is 2. The Hall–Kier alpha value is -2.55. The zero-order valence-electron chi connectivity index (χ0n) is 13.0. The van der Waals surface area contributed by atoms with Crippen LogP contribution in [0, 0.1) is 0 Å². The molecule has 2 rings (SSSR count). The first-order valence-corrected chi connectivity index (χ1v) is 7.38. The molecule has 0 N–H and O–H groups in total. The number of carbonyl (C=O) groups is 1. The molecule has 0 radical (unpaired) electrons. The van der Waals surface area contributed by atoms with Gasteiger partial charge in [0.25, 0.3) is 0 Å². The van der Waals surface area contributed by atoms with Crippen molar-refractivity contribution in [3.05, 3.63) is 71.8 Å². The monoisotopic (exact) mass is 295 g/mol. The van der Waals surface area contributed by atoms with Crippen LogP contribution in [0.4, 0.5) is 0 Å². The van der Waals surface area contributed by atoms with Gasteiger partial charge < -0.3 is 9.64 Å². The van der Waals surface area contributed by atoms with Crippen molar-refractivity contribution in [1.29, 1.82) is 0 Å². The molecule has 0 bridgehead atoms. The maximum Gasteiger partial charge on any atom is 0.246 e. The third-order valence-electron chi connectivity index (χ3n) is 3.44. The number of ether oxygens (including phenoxy) is 1. The van der Waals surface area contributed by atoms with Crippen molar-refractivity contribution in [2.45, 2.75) is 13.5 Å². The number of rotatable bonds is 6. The number of likely N-dealkylation sites (N-methyl/N-ethyl adjacent to an activating group) is 1. The summed E-state index contributed by atoms with van der Waals surface area (Å²) >= 11 is 0. The quantitative estimate of drug-likeness (QED) is 0.759. The first-order chi connectivity index (χ1) is 10.7. The fourth-order valence-corrected chi connectivity index (χ4v) is 2.14. The molecule has 114 valence electrons. The Labute approximate surface area is 131 Å². The summed E-state index contributed by atoms with van der Waals surface area (Å²) in [6.45, 7) is 3.30. The van der Waals surface area contributed by atoms with Gasteiger partial charge in [-0.2, -0.15) is 0 Å². The molecule has 22 heavy (non-hydrogen) atoms. The van der Waals surface area contributed by atoms with E-state index in [1.54, 1.807) is 13.2 Å². The van der Waals surface area contributed by atoms with Gasteiger partial charge in [0.05, 0.1) is 7.11 Å². The van der Waals surface area contributed by atoms with Gasteiger partial charge in [-0.25, -0.2) is 0 Å². The second-order valence-corrected chi connectivity index (χ2v) is 4.94.